The van der Waals surface area contributed by atoms with Crippen LogP contribution in [-0.2, 0) is 11.2 Å². The van der Waals surface area contributed by atoms with Gasteiger partial charge in [0.1, 0.15) is 5.75 Å². The SMILES string of the molecule is CC(CCc1ccc(OC(C)C)cc1)NC(=O)CN.Cl. The van der Waals surface area contributed by atoms with Crippen LogP contribution in [0.2, 0.25) is 0 Å². The van der Waals surface area contributed by atoms with Gasteiger partial charge in [0.25, 0.3) is 0 Å². The molecule has 0 spiro atoms. The summed E-state index contributed by atoms with van der Waals surface area (Å²) in [6.45, 7) is 6.06. The van der Waals surface area contributed by atoms with E-state index >= 15 is 0 Å². The fraction of sp³-hybridized carbons (Fsp3) is 0.533. The molecule has 1 aromatic rings. The molecule has 3 N–H and O–H groups in total. The lowest BCUT2D eigenvalue weighted by Gasteiger charge is -2.13. The highest BCUT2D eigenvalue weighted by atomic mass is 35.5. The maximum absolute atomic E-state index is 11.1. The average molecular weight is 301 g/mol. The molecule has 0 aromatic heterocycles. The van der Waals surface area contributed by atoms with Crippen LogP contribution in [-0.4, -0.2) is 24.6 Å². The van der Waals surface area contributed by atoms with Crippen molar-refractivity contribution >= 4 is 18.3 Å². The van der Waals surface area contributed by atoms with E-state index in [2.05, 4.69) is 17.4 Å². The first-order chi connectivity index (χ1) is 9.01. The average Bonchev–Trinajstić information content (AvgIpc) is 2.37. The Labute approximate surface area is 127 Å². The summed E-state index contributed by atoms with van der Waals surface area (Å²) < 4.78 is 5.59. The molecule has 1 rings (SSSR count). The van der Waals surface area contributed by atoms with Crippen LogP contribution in [0.3, 0.4) is 0 Å². The molecular weight excluding hydrogens is 276 g/mol. The first-order valence-corrected chi connectivity index (χ1v) is 6.76. The molecule has 0 aliphatic rings. The highest BCUT2D eigenvalue weighted by Crippen LogP contribution is 2.15. The Morgan fingerprint density at radius 3 is 2.35 bits per heavy atom. The maximum Gasteiger partial charge on any atom is 0.233 e. The third-order valence-electron chi connectivity index (χ3n) is 2.75. The van der Waals surface area contributed by atoms with E-state index in [0.717, 1.165) is 18.6 Å². The van der Waals surface area contributed by atoms with E-state index in [1.54, 1.807) is 0 Å². The third-order valence-corrected chi connectivity index (χ3v) is 2.75. The molecule has 0 aliphatic carbocycles. The van der Waals surface area contributed by atoms with Crippen LogP contribution in [0.15, 0.2) is 24.3 Å². The van der Waals surface area contributed by atoms with Gasteiger partial charge in [-0.3, -0.25) is 4.79 Å². The Morgan fingerprint density at radius 2 is 1.85 bits per heavy atom. The number of halogens is 1. The first-order valence-electron chi connectivity index (χ1n) is 6.76. The molecular formula is C15H25ClN2O2. The number of amides is 1. The minimum atomic E-state index is -0.104. The second-order valence-electron chi connectivity index (χ2n) is 5.02. The van der Waals surface area contributed by atoms with Gasteiger partial charge in [0.2, 0.25) is 5.91 Å². The fourth-order valence-corrected chi connectivity index (χ4v) is 1.80. The summed E-state index contributed by atoms with van der Waals surface area (Å²) in [5.74, 6) is 0.788. The normalized spacial score (nSPS) is 11.7. The van der Waals surface area contributed by atoms with Crippen molar-refractivity contribution in [1.29, 1.82) is 0 Å². The lowest BCUT2D eigenvalue weighted by atomic mass is 10.1. The van der Waals surface area contributed by atoms with E-state index in [1.165, 1.54) is 5.56 Å². The van der Waals surface area contributed by atoms with Crippen molar-refractivity contribution in [3.8, 4) is 5.75 Å². The van der Waals surface area contributed by atoms with E-state index < -0.39 is 0 Å². The third kappa shape index (κ3) is 7.36. The van der Waals surface area contributed by atoms with Crippen LogP contribution in [0.5, 0.6) is 5.75 Å². The number of nitrogens with two attached hydrogens (primary N) is 1. The van der Waals surface area contributed by atoms with Gasteiger partial charge in [-0.25, -0.2) is 0 Å². The van der Waals surface area contributed by atoms with Crippen LogP contribution in [0.1, 0.15) is 32.8 Å². The highest BCUT2D eigenvalue weighted by Gasteiger charge is 2.06. The van der Waals surface area contributed by atoms with Gasteiger partial charge < -0.3 is 15.8 Å². The minimum Gasteiger partial charge on any atom is -0.491 e. The van der Waals surface area contributed by atoms with E-state index in [1.807, 2.05) is 32.9 Å². The van der Waals surface area contributed by atoms with Gasteiger partial charge >= 0.3 is 0 Å². The van der Waals surface area contributed by atoms with Crippen molar-refractivity contribution < 1.29 is 9.53 Å². The summed E-state index contributed by atoms with van der Waals surface area (Å²) in [5.41, 5.74) is 6.50. The van der Waals surface area contributed by atoms with Gasteiger partial charge in [0.15, 0.2) is 0 Å². The molecule has 0 radical (unpaired) electrons. The zero-order chi connectivity index (χ0) is 14.3. The largest absolute Gasteiger partial charge is 0.491 e. The van der Waals surface area contributed by atoms with Gasteiger partial charge in [0, 0.05) is 6.04 Å². The molecule has 0 bridgehead atoms. The molecule has 0 fully saturated rings. The summed E-state index contributed by atoms with van der Waals surface area (Å²) in [6.07, 6.45) is 2.02. The molecule has 4 nitrogen and oxygen atoms in total. The second-order valence-corrected chi connectivity index (χ2v) is 5.02. The monoisotopic (exact) mass is 300 g/mol. The van der Waals surface area contributed by atoms with Crippen molar-refractivity contribution in [2.75, 3.05) is 6.54 Å². The number of rotatable bonds is 7. The number of nitrogens with one attached hydrogen (secondary N) is 1. The fourth-order valence-electron chi connectivity index (χ4n) is 1.80. The van der Waals surface area contributed by atoms with E-state index in [4.69, 9.17) is 10.5 Å². The Kier molecular flexibility index (Phi) is 9.01. The van der Waals surface area contributed by atoms with Crippen LogP contribution >= 0.6 is 12.4 Å². The molecule has 0 heterocycles. The van der Waals surface area contributed by atoms with E-state index in [0.29, 0.717) is 0 Å². The van der Waals surface area contributed by atoms with Crippen LogP contribution in [0, 0.1) is 0 Å². The minimum absolute atomic E-state index is 0. The number of ether oxygens (including phenoxy) is 1. The van der Waals surface area contributed by atoms with Gasteiger partial charge in [0.05, 0.1) is 12.6 Å². The number of carbonyl (C=O) groups excluding carboxylic acids is 1. The van der Waals surface area contributed by atoms with Gasteiger partial charge in [-0.1, -0.05) is 12.1 Å². The van der Waals surface area contributed by atoms with Crippen molar-refractivity contribution in [2.24, 2.45) is 5.73 Å². The van der Waals surface area contributed by atoms with Gasteiger partial charge in [-0.2, -0.15) is 0 Å². The summed E-state index contributed by atoms with van der Waals surface area (Å²) >= 11 is 0. The molecule has 1 aromatic carbocycles. The van der Waals surface area contributed by atoms with Crippen LogP contribution in [0.4, 0.5) is 0 Å². The zero-order valence-electron chi connectivity index (χ0n) is 12.4. The van der Waals surface area contributed by atoms with Gasteiger partial charge in [-0.15, -0.1) is 12.4 Å². The number of benzene rings is 1. The van der Waals surface area contributed by atoms with Crippen molar-refractivity contribution in [2.45, 2.75) is 45.8 Å². The molecule has 5 heteroatoms. The Bertz CT molecular complexity index is 393. The number of hydrogen-bond donors (Lipinski definition) is 2. The molecule has 0 saturated carbocycles. The first kappa shape index (κ1) is 18.7. The Hall–Kier alpha value is -1.26. The topological polar surface area (TPSA) is 64.3 Å². The highest BCUT2D eigenvalue weighted by molar-refractivity contribution is 5.85. The summed E-state index contributed by atoms with van der Waals surface area (Å²) in [5, 5.41) is 2.85. The van der Waals surface area contributed by atoms with Gasteiger partial charge in [-0.05, 0) is 51.3 Å². The molecule has 0 aliphatic heterocycles. The summed E-state index contributed by atoms with van der Waals surface area (Å²) in [4.78, 5) is 11.1. The smallest absolute Gasteiger partial charge is 0.233 e. The van der Waals surface area contributed by atoms with Crippen LogP contribution < -0.4 is 15.8 Å². The Balaban J connectivity index is 0.00000361. The number of carbonyl (C=O) groups is 1. The standard InChI is InChI=1S/C15H24N2O2.ClH/c1-11(2)19-14-8-6-13(7-9-14)5-4-12(3)17-15(18)10-16;/h6-9,11-12H,4-5,10,16H2,1-3H3,(H,17,18);1H. The predicted octanol–water partition coefficient (Wildman–Crippen LogP) is 2.29. The second kappa shape index (κ2) is 9.61. The van der Waals surface area contributed by atoms with Crippen molar-refractivity contribution in [1.82, 2.24) is 5.32 Å². The molecule has 0 saturated heterocycles. The zero-order valence-corrected chi connectivity index (χ0v) is 13.2. The van der Waals surface area contributed by atoms with E-state index in [-0.39, 0.29) is 37.0 Å². The summed E-state index contributed by atoms with van der Waals surface area (Å²) in [7, 11) is 0. The van der Waals surface area contributed by atoms with Crippen molar-refractivity contribution in [3.05, 3.63) is 29.8 Å². The lowest BCUT2D eigenvalue weighted by Crippen LogP contribution is -2.37. The quantitative estimate of drug-likeness (QED) is 0.812. The van der Waals surface area contributed by atoms with Crippen molar-refractivity contribution in [3.63, 3.8) is 0 Å². The maximum atomic E-state index is 11.1. The summed E-state index contributed by atoms with van der Waals surface area (Å²) in [6, 6.07) is 8.24. The lowest BCUT2D eigenvalue weighted by molar-refractivity contribution is -0.120. The molecule has 20 heavy (non-hydrogen) atoms. The molecule has 114 valence electrons. The Morgan fingerprint density at radius 1 is 1.25 bits per heavy atom. The number of hydrogen-bond acceptors (Lipinski definition) is 3. The van der Waals surface area contributed by atoms with Crippen LogP contribution in [0.25, 0.3) is 0 Å². The molecule has 1 unspecified atom stereocenters. The number of aryl methyl sites for hydroxylation is 1. The molecule has 1 amide bonds. The van der Waals surface area contributed by atoms with E-state index in [9.17, 15) is 4.79 Å². The predicted molar refractivity (Wildman–Crippen MR) is 84.4 cm³/mol. The molecule has 1 atom stereocenters.